The van der Waals surface area contributed by atoms with Crippen LogP contribution >= 0.6 is 0 Å². The van der Waals surface area contributed by atoms with Crippen LogP contribution in [0.1, 0.15) is 46.0 Å². The summed E-state index contributed by atoms with van der Waals surface area (Å²) in [5.41, 5.74) is -0.415. The first kappa shape index (κ1) is 11.4. The Balaban J connectivity index is 1.86. The van der Waals surface area contributed by atoms with Gasteiger partial charge in [-0.1, -0.05) is 20.3 Å². The van der Waals surface area contributed by atoms with Gasteiger partial charge in [-0.25, -0.2) is 0 Å². The summed E-state index contributed by atoms with van der Waals surface area (Å²) in [6.07, 6.45) is 5.12. The predicted molar refractivity (Wildman–Crippen MR) is 61.4 cm³/mol. The largest absolute Gasteiger partial charge is 0.354 e. The van der Waals surface area contributed by atoms with E-state index >= 15 is 0 Å². The maximum atomic E-state index is 12.0. The average Bonchev–Trinajstić information content (AvgIpc) is 2.18. The van der Waals surface area contributed by atoms with E-state index < -0.39 is 5.41 Å². The molecule has 0 aromatic heterocycles. The van der Waals surface area contributed by atoms with Gasteiger partial charge in [-0.2, -0.15) is 5.26 Å². The lowest BCUT2D eigenvalue weighted by atomic mass is 9.62. The van der Waals surface area contributed by atoms with Crippen LogP contribution in [0.3, 0.4) is 0 Å². The first-order valence-corrected chi connectivity index (χ1v) is 6.19. The summed E-state index contributed by atoms with van der Waals surface area (Å²) in [7, 11) is 0. The molecule has 16 heavy (non-hydrogen) atoms. The zero-order chi connectivity index (χ0) is 11.8. The van der Waals surface area contributed by atoms with E-state index in [-0.39, 0.29) is 5.91 Å². The van der Waals surface area contributed by atoms with Gasteiger partial charge in [-0.05, 0) is 37.0 Å². The number of amides is 1. The van der Waals surface area contributed by atoms with Crippen LogP contribution in [0.2, 0.25) is 0 Å². The highest BCUT2D eigenvalue weighted by Crippen LogP contribution is 2.45. The molecule has 2 fully saturated rings. The molecule has 3 heteroatoms. The number of nitrogens with one attached hydrogen (secondary N) is 1. The second kappa shape index (κ2) is 3.76. The summed E-state index contributed by atoms with van der Waals surface area (Å²) in [5, 5.41) is 12.1. The molecule has 88 valence electrons. The fraction of sp³-hybridized carbons (Fsp3) is 0.846. The van der Waals surface area contributed by atoms with Crippen molar-refractivity contribution < 1.29 is 4.79 Å². The van der Waals surface area contributed by atoms with Crippen molar-refractivity contribution in [2.45, 2.75) is 46.0 Å². The molecular weight excluding hydrogens is 200 g/mol. The molecule has 0 heterocycles. The lowest BCUT2D eigenvalue weighted by Gasteiger charge is -2.42. The SMILES string of the molecule is CC1CC(C#N)(C(=O)NCC2(C)CCC2)C1. The topological polar surface area (TPSA) is 52.9 Å². The summed E-state index contributed by atoms with van der Waals surface area (Å²) in [6.45, 7) is 5.04. The minimum atomic E-state index is -0.709. The van der Waals surface area contributed by atoms with Crippen LogP contribution in [0.4, 0.5) is 0 Å². The molecule has 0 radical (unpaired) electrons. The van der Waals surface area contributed by atoms with Crippen LogP contribution in [-0.4, -0.2) is 12.5 Å². The quantitative estimate of drug-likeness (QED) is 0.793. The third-order valence-electron chi connectivity index (χ3n) is 4.28. The van der Waals surface area contributed by atoms with E-state index in [0.29, 0.717) is 11.3 Å². The number of carbonyl (C=O) groups is 1. The summed E-state index contributed by atoms with van der Waals surface area (Å²) < 4.78 is 0. The van der Waals surface area contributed by atoms with Crippen molar-refractivity contribution in [1.29, 1.82) is 5.26 Å². The number of carbonyl (C=O) groups excluding carboxylic acids is 1. The highest BCUT2D eigenvalue weighted by atomic mass is 16.2. The lowest BCUT2D eigenvalue weighted by molar-refractivity contribution is -0.134. The smallest absolute Gasteiger partial charge is 0.240 e. The highest BCUT2D eigenvalue weighted by molar-refractivity contribution is 5.86. The molecule has 0 bridgehead atoms. The molecule has 2 aliphatic carbocycles. The molecule has 0 saturated heterocycles. The van der Waals surface area contributed by atoms with E-state index in [2.05, 4.69) is 25.2 Å². The van der Waals surface area contributed by atoms with Gasteiger partial charge in [-0.3, -0.25) is 4.79 Å². The van der Waals surface area contributed by atoms with Crippen LogP contribution in [0.25, 0.3) is 0 Å². The van der Waals surface area contributed by atoms with Crippen LogP contribution in [-0.2, 0) is 4.79 Å². The molecule has 0 aromatic carbocycles. The fourth-order valence-corrected chi connectivity index (χ4v) is 2.88. The molecule has 2 rings (SSSR count). The molecule has 2 saturated carbocycles. The van der Waals surface area contributed by atoms with Gasteiger partial charge >= 0.3 is 0 Å². The molecule has 1 N–H and O–H groups in total. The first-order chi connectivity index (χ1) is 7.50. The van der Waals surface area contributed by atoms with E-state index in [1.54, 1.807) is 0 Å². The average molecular weight is 220 g/mol. The maximum Gasteiger partial charge on any atom is 0.240 e. The molecule has 0 spiro atoms. The first-order valence-electron chi connectivity index (χ1n) is 6.19. The molecule has 0 aliphatic heterocycles. The Morgan fingerprint density at radius 2 is 2.12 bits per heavy atom. The van der Waals surface area contributed by atoms with Gasteiger partial charge in [0, 0.05) is 6.54 Å². The van der Waals surface area contributed by atoms with Gasteiger partial charge in [0.1, 0.15) is 5.41 Å². The summed E-state index contributed by atoms with van der Waals surface area (Å²) in [5.74, 6) is 0.478. The van der Waals surface area contributed by atoms with Crippen molar-refractivity contribution in [3.63, 3.8) is 0 Å². The zero-order valence-electron chi connectivity index (χ0n) is 10.2. The van der Waals surface area contributed by atoms with Gasteiger partial charge in [0.25, 0.3) is 0 Å². The van der Waals surface area contributed by atoms with Crippen molar-refractivity contribution in [3.05, 3.63) is 0 Å². The molecule has 0 unspecified atom stereocenters. The Kier molecular flexibility index (Phi) is 2.69. The summed E-state index contributed by atoms with van der Waals surface area (Å²) in [4.78, 5) is 12.0. The molecule has 0 aromatic rings. The number of nitrogens with zero attached hydrogens (tertiary/aromatic N) is 1. The lowest BCUT2D eigenvalue weighted by Crippen LogP contribution is -2.51. The van der Waals surface area contributed by atoms with Gasteiger partial charge in [0.05, 0.1) is 6.07 Å². The molecular formula is C13H20N2O. The van der Waals surface area contributed by atoms with E-state index in [9.17, 15) is 4.79 Å². The van der Waals surface area contributed by atoms with Crippen LogP contribution < -0.4 is 5.32 Å². The molecule has 0 atom stereocenters. The minimum absolute atomic E-state index is 0.0405. The van der Waals surface area contributed by atoms with Gasteiger partial charge in [-0.15, -0.1) is 0 Å². The second-order valence-electron chi connectivity index (χ2n) is 6.05. The maximum absolute atomic E-state index is 12.0. The predicted octanol–water partition coefficient (Wildman–Crippen LogP) is 2.23. The Labute approximate surface area is 97.2 Å². The van der Waals surface area contributed by atoms with Crippen LogP contribution in [0.5, 0.6) is 0 Å². The Morgan fingerprint density at radius 1 is 1.50 bits per heavy atom. The number of rotatable bonds is 3. The number of hydrogen-bond donors (Lipinski definition) is 1. The van der Waals surface area contributed by atoms with Crippen LogP contribution in [0, 0.1) is 28.1 Å². The molecule has 1 amide bonds. The minimum Gasteiger partial charge on any atom is -0.354 e. The molecule has 2 aliphatic rings. The van der Waals surface area contributed by atoms with Gasteiger partial charge in [0.2, 0.25) is 5.91 Å². The highest BCUT2D eigenvalue weighted by Gasteiger charge is 2.49. The van der Waals surface area contributed by atoms with E-state index in [4.69, 9.17) is 5.26 Å². The van der Waals surface area contributed by atoms with E-state index in [0.717, 1.165) is 19.4 Å². The second-order valence-corrected chi connectivity index (χ2v) is 6.05. The number of nitriles is 1. The summed E-state index contributed by atoms with van der Waals surface area (Å²) in [6, 6.07) is 2.21. The van der Waals surface area contributed by atoms with Crippen molar-refractivity contribution >= 4 is 5.91 Å². The van der Waals surface area contributed by atoms with E-state index in [1.165, 1.54) is 19.3 Å². The normalized spacial score (nSPS) is 35.4. The monoisotopic (exact) mass is 220 g/mol. The Morgan fingerprint density at radius 3 is 2.50 bits per heavy atom. The van der Waals surface area contributed by atoms with Gasteiger partial charge in [0.15, 0.2) is 0 Å². The van der Waals surface area contributed by atoms with Gasteiger partial charge < -0.3 is 5.32 Å². The third-order valence-corrected chi connectivity index (χ3v) is 4.28. The fourth-order valence-electron chi connectivity index (χ4n) is 2.88. The Bertz CT molecular complexity index is 332. The van der Waals surface area contributed by atoms with E-state index in [1.807, 2.05) is 0 Å². The zero-order valence-corrected chi connectivity index (χ0v) is 10.2. The molecule has 3 nitrogen and oxygen atoms in total. The summed E-state index contributed by atoms with van der Waals surface area (Å²) >= 11 is 0. The van der Waals surface area contributed by atoms with Crippen molar-refractivity contribution in [2.75, 3.05) is 6.54 Å². The van der Waals surface area contributed by atoms with Crippen molar-refractivity contribution in [3.8, 4) is 6.07 Å². The van der Waals surface area contributed by atoms with Crippen molar-refractivity contribution in [1.82, 2.24) is 5.32 Å². The number of hydrogen-bond acceptors (Lipinski definition) is 2. The van der Waals surface area contributed by atoms with Crippen molar-refractivity contribution in [2.24, 2.45) is 16.7 Å². The third kappa shape index (κ3) is 1.81. The standard InChI is InChI=1S/C13H20N2O/c1-10-6-13(7-10,8-14)11(16)15-9-12(2)4-3-5-12/h10H,3-7,9H2,1-2H3,(H,15,16). The Hall–Kier alpha value is -1.04. The van der Waals surface area contributed by atoms with Crippen LogP contribution in [0.15, 0.2) is 0 Å².